The Labute approximate surface area is 127 Å². The van der Waals surface area contributed by atoms with Crippen LogP contribution in [0.5, 0.6) is 5.75 Å². The summed E-state index contributed by atoms with van der Waals surface area (Å²) in [4.78, 5) is 18.2. The van der Waals surface area contributed by atoms with Crippen molar-refractivity contribution in [2.24, 2.45) is 5.73 Å². The van der Waals surface area contributed by atoms with Crippen molar-refractivity contribution in [3.63, 3.8) is 0 Å². The van der Waals surface area contributed by atoms with Crippen molar-refractivity contribution in [1.82, 2.24) is 4.98 Å². The maximum atomic E-state index is 12.2. The molecule has 3 rings (SSSR count). The molecule has 0 saturated carbocycles. The van der Waals surface area contributed by atoms with Crippen LogP contribution in [0.15, 0.2) is 42.6 Å². The molecule has 0 spiro atoms. The molecule has 0 radical (unpaired) electrons. The van der Waals surface area contributed by atoms with E-state index in [0.717, 1.165) is 11.3 Å². The molecule has 2 heterocycles. The van der Waals surface area contributed by atoms with Crippen LogP contribution in [-0.4, -0.2) is 22.5 Å². The first-order valence-electron chi connectivity index (χ1n) is 6.42. The van der Waals surface area contributed by atoms with E-state index in [0.29, 0.717) is 18.0 Å². The normalized spacial score (nSPS) is 13.5. The van der Waals surface area contributed by atoms with Crippen molar-refractivity contribution >= 4 is 28.8 Å². The molecule has 1 aromatic heterocycles. The average Bonchev–Trinajstić information content (AvgIpc) is 2.50. The lowest BCUT2D eigenvalue weighted by Crippen LogP contribution is -2.38. The van der Waals surface area contributed by atoms with Crippen molar-refractivity contribution in [3.8, 4) is 5.75 Å². The minimum Gasteiger partial charge on any atom is -0.482 e. The molecule has 0 fully saturated rings. The summed E-state index contributed by atoms with van der Waals surface area (Å²) >= 11 is 5.01. The van der Waals surface area contributed by atoms with Gasteiger partial charge in [-0.15, -0.1) is 0 Å². The molecule has 21 heavy (non-hydrogen) atoms. The molecule has 2 aromatic rings. The van der Waals surface area contributed by atoms with Crippen molar-refractivity contribution in [1.29, 1.82) is 0 Å². The summed E-state index contributed by atoms with van der Waals surface area (Å²) in [6.45, 7) is 0.388. The topological polar surface area (TPSA) is 68.5 Å². The lowest BCUT2D eigenvalue weighted by molar-refractivity contribution is -0.121. The maximum absolute atomic E-state index is 12.2. The summed E-state index contributed by atoms with van der Waals surface area (Å²) in [6, 6.07) is 11.1. The third-order valence-corrected chi connectivity index (χ3v) is 3.45. The summed E-state index contributed by atoms with van der Waals surface area (Å²) in [5.41, 5.74) is 7.79. The summed E-state index contributed by atoms with van der Waals surface area (Å²) in [5.74, 6) is 0.587. The second-order valence-electron chi connectivity index (χ2n) is 4.61. The monoisotopic (exact) mass is 299 g/mol. The highest BCUT2D eigenvalue weighted by Crippen LogP contribution is 2.32. The number of nitrogens with zero attached hydrogens (tertiary/aromatic N) is 2. The lowest BCUT2D eigenvalue weighted by Gasteiger charge is -2.29. The molecule has 0 unspecified atom stereocenters. The highest BCUT2D eigenvalue weighted by molar-refractivity contribution is 7.80. The Kier molecular flexibility index (Phi) is 3.53. The highest BCUT2D eigenvalue weighted by Gasteiger charge is 2.26. The number of pyridine rings is 1. The van der Waals surface area contributed by atoms with Gasteiger partial charge in [-0.3, -0.25) is 9.78 Å². The van der Waals surface area contributed by atoms with Crippen molar-refractivity contribution in [3.05, 3.63) is 53.9 Å². The Morgan fingerprint density at radius 3 is 2.95 bits per heavy atom. The van der Waals surface area contributed by atoms with Gasteiger partial charge in [-0.2, -0.15) is 0 Å². The van der Waals surface area contributed by atoms with Gasteiger partial charge in [0.2, 0.25) is 0 Å². The zero-order valence-electron chi connectivity index (χ0n) is 11.2. The molecule has 6 heteroatoms. The minimum absolute atomic E-state index is 0.0275. The number of benzene rings is 1. The molecule has 0 saturated heterocycles. The van der Waals surface area contributed by atoms with Crippen molar-refractivity contribution < 1.29 is 9.53 Å². The smallest absolute Gasteiger partial charge is 0.265 e. The summed E-state index contributed by atoms with van der Waals surface area (Å²) < 4.78 is 5.42. The van der Waals surface area contributed by atoms with Gasteiger partial charge in [0.15, 0.2) is 6.61 Å². The Balaban J connectivity index is 1.99. The van der Waals surface area contributed by atoms with Gasteiger partial charge in [-0.1, -0.05) is 30.4 Å². The Morgan fingerprint density at radius 1 is 1.33 bits per heavy atom. The second-order valence-corrected chi connectivity index (χ2v) is 5.05. The quantitative estimate of drug-likeness (QED) is 0.873. The standard InChI is InChI=1S/C15H13N3O2S/c16-15(21)14-10(4-3-7-17-14)8-18-11-5-1-2-6-12(11)20-9-13(18)19/h1-7H,8-9H2,(H2,16,21). The highest BCUT2D eigenvalue weighted by atomic mass is 32.1. The van der Waals surface area contributed by atoms with E-state index < -0.39 is 0 Å². The van der Waals surface area contributed by atoms with Crippen LogP contribution in [0.3, 0.4) is 0 Å². The number of rotatable bonds is 3. The molecule has 1 aliphatic rings. The fourth-order valence-electron chi connectivity index (χ4n) is 2.29. The minimum atomic E-state index is -0.105. The fraction of sp³-hybridized carbons (Fsp3) is 0.133. The molecule has 1 aliphatic heterocycles. The fourth-order valence-corrected chi connectivity index (χ4v) is 2.47. The van der Waals surface area contributed by atoms with Crippen molar-refractivity contribution in [2.45, 2.75) is 6.54 Å². The predicted octanol–water partition coefficient (Wildman–Crippen LogP) is 1.64. The molecule has 5 nitrogen and oxygen atoms in total. The van der Waals surface area contributed by atoms with Crippen LogP contribution in [0.2, 0.25) is 0 Å². The van der Waals surface area contributed by atoms with Crippen LogP contribution in [-0.2, 0) is 11.3 Å². The molecule has 0 atom stereocenters. The van der Waals surface area contributed by atoms with E-state index in [1.165, 1.54) is 0 Å². The van der Waals surface area contributed by atoms with E-state index >= 15 is 0 Å². The number of carbonyl (C=O) groups excluding carboxylic acids is 1. The molecule has 106 valence electrons. The number of aromatic nitrogens is 1. The molecule has 0 bridgehead atoms. The van der Waals surface area contributed by atoms with Crippen LogP contribution >= 0.6 is 12.2 Å². The van der Waals surface area contributed by atoms with E-state index in [2.05, 4.69) is 4.98 Å². The third-order valence-electron chi connectivity index (χ3n) is 3.26. The number of nitrogens with two attached hydrogens (primary N) is 1. The molecular formula is C15H13N3O2S. The lowest BCUT2D eigenvalue weighted by atomic mass is 10.1. The molecule has 2 N–H and O–H groups in total. The van der Waals surface area contributed by atoms with Gasteiger partial charge in [-0.05, 0) is 18.2 Å². The van der Waals surface area contributed by atoms with E-state index in [1.807, 2.05) is 30.3 Å². The Hall–Kier alpha value is -2.47. The molecule has 0 aliphatic carbocycles. The van der Waals surface area contributed by atoms with Crippen LogP contribution in [0.1, 0.15) is 11.3 Å². The molecule has 1 aromatic carbocycles. The first-order valence-corrected chi connectivity index (χ1v) is 6.83. The maximum Gasteiger partial charge on any atom is 0.265 e. The van der Waals surface area contributed by atoms with E-state index in [9.17, 15) is 4.79 Å². The van der Waals surface area contributed by atoms with Gasteiger partial charge in [0.25, 0.3) is 5.91 Å². The summed E-state index contributed by atoms with van der Waals surface area (Å²) in [5, 5.41) is 0. The zero-order valence-corrected chi connectivity index (χ0v) is 12.0. The van der Waals surface area contributed by atoms with E-state index in [4.69, 9.17) is 22.7 Å². The Bertz CT molecular complexity index is 718. The van der Waals surface area contributed by atoms with Gasteiger partial charge >= 0.3 is 0 Å². The van der Waals surface area contributed by atoms with E-state index in [1.54, 1.807) is 17.2 Å². The summed E-state index contributed by atoms with van der Waals surface area (Å²) in [6.07, 6.45) is 1.63. The van der Waals surface area contributed by atoms with Gasteiger partial charge in [0.1, 0.15) is 16.4 Å². The van der Waals surface area contributed by atoms with Crippen LogP contribution in [0.4, 0.5) is 5.69 Å². The van der Waals surface area contributed by atoms with Crippen LogP contribution < -0.4 is 15.4 Å². The van der Waals surface area contributed by atoms with Gasteiger partial charge in [-0.25, -0.2) is 0 Å². The Morgan fingerprint density at radius 2 is 2.14 bits per heavy atom. The largest absolute Gasteiger partial charge is 0.482 e. The number of hydrogen-bond acceptors (Lipinski definition) is 4. The van der Waals surface area contributed by atoms with Crippen molar-refractivity contribution in [2.75, 3.05) is 11.5 Å². The first kappa shape index (κ1) is 13.5. The van der Waals surface area contributed by atoms with Crippen LogP contribution in [0.25, 0.3) is 0 Å². The molecule has 1 amide bonds. The third kappa shape index (κ3) is 2.57. The number of fused-ring (bicyclic) bond motifs is 1. The predicted molar refractivity (Wildman–Crippen MR) is 83.3 cm³/mol. The number of anilines is 1. The summed E-state index contributed by atoms with van der Waals surface area (Å²) in [7, 11) is 0. The number of hydrogen-bond donors (Lipinski definition) is 1. The number of carbonyl (C=O) groups is 1. The number of thiocarbonyl (C=S) groups is 1. The van der Waals surface area contributed by atoms with Gasteiger partial charge < -0.3 is 15.4 Å². The van der Waals surface area contributed by atoms with Gasteiger partial charge in [0.05, 0.1) is 12.2 Å². The zero-order chi connectivity index (χ0) is 14.8. The van der Waals surface area contributed by atoms with E-state index in [-0.39, 0.29) is 17.5 Å². The number of para-hydroxylation sites is 2. The number of amides is 1. The first-order chi connectivity index (χ1) is 10.2. The molecular weight excluding hydrogens is 286 g/mol. The number of ether oxygens (including phenoxy) is 1. The SMILES string of the molecule is NC(=S)c1ncccc1CN1C(=O)COc2ccccc21. The second kappa shape index (κ2) is 5.49. The van der Waals surface area contributed by atoms with Crippen LogP contribution in [0, 0.1) is 0 Å². The van der Waals surface area contributed by atoms with Gasteiger partial charge in [0, 0.05) is 11.8 Å². The average molecular weight is 299 g/mol.